The largest absolute Gasteiger partial charge is 0.349 e. The molecule has 0 unspecified atom stereocenters. The summed E-state index contributed by atoms with van der Waals surface area (Å²) in [6.07, 6.45) is 8.33. The summed E-state index contributed by atoms with van der Waals surface area (Å²) in [7, 11) is 1.78. The van der Waals surface area contributed by atoms with E-state index in [1.54, 1.807) is 45.3 Å². The van der Waals surface area contributed by atoms with Crippen molar-refractivity contribution in [3.8, 4) is 16.3 Å². The third kappa shape index (κ3) is 4.56. The zero-order chi connectivity index (χ0) is 22.8. The number of rotatable bonds is 5. The molecule has 10 heteroatoms. The number of hydrogen-bond donors (Lipinski definition) is 1. The van der Waals surface area contributed by atoms with Crippen LogP contribution in [0.5, 0.6) is 0 Å². The zero-order valence-corrected chi connectivity index (χ0v) is 18.9. The molecule has 0 bridgehead atoms. The summed E-state index contributed by atoms with van der Waals surface area (Å²) in [5.74, 6) is -0.210. The van der Waals surface area contributed by atoms with E-state index in [0.717, 1.165) is 16.3 Å². The molecule has 0 atom stereocenters. The van der Waals surface area contributed by atoms with E-state index >= 15 is 0 Å². The van der Waals surface area contributed by atoms with Crippen molar-refractivity contribution in [3.05, 3.63) is 71.8 Å². The monoisotopic (exact) mass is 461 g/mol. The van der Waals surface area contributed by atoms with Crippen molar-refractivity contribution in [1.82, 2.24) is 34.8 Å². The van der Waals surface area contributed by atoms with E-state index in [1.165, 1.54) is 11.3 Å². The second kappa shape index (κ2) is 8.99. The molecule has 0 radical (unpaired) electrons. The number of thiazole rings is 1. The number of para-hydroxylation sites is 1. The number of carbonyl (C=O) groups excluding carboxylic acids is 2. The number of piperidine rings is 1. The Balaban J connectivity index is 1.19. The predicted octanol–water partition coefficient (Wildman–Crippen LogP) is 2.76. The number of nitrogens with one attached hydrogen (secondary N) is 1. The Bertz CT molecular complexity index is 1270. The summed E-state index contributed by atoms with van der Waals surface area (Å²) >= 11 is 1.44. The van der Waals surface area contributed by atoms with E-state index in [2.05, 4.69) is 20.5 Å². The van der Waals surface area contributed by atoms with Crippen LogP contribution in [-0.4, -0.2) is 60.4 Å². The number of amides is 2. The molecule has 1 fully saturated rings. The highest BCUT2D eigenvalue weighted by Crippen LogP contribution is 2.25. The van der Waals surface area contributed by atoms with Gasteiger partial charge in [0.2, 0.25) is 0 Å². The Morgan fingerprint density at radius 1 is 1.06 bits per heavy atom. The van der Waals surface area contributed by atoms with Crippen molar-refractivity contribution in [2.24, 2.45) is 7.05 Å². The average Bonchev–Trinajstić information content (AvgIpc) is 3.60. The zero-order valence-electron chi connectivity index (χ0n) is 18.1. The van der Waals surface area contributed by atoms with Crippen LogP contribution in [0, 0.1) is 0 Å². The Morgan fingerprint density at radius 3 is 2.58 bits per heavy atom. The number of benzene rings is 1. The van der Waals surface area contributed by atoms with E-state index in [1.807, 2.05) is 36.5 Å². The van der Waals surface area contributed by atoms with E-state index in [4.69, 9.17) is 0 Å². The fraction of sp³-hybridized carbons (Fsp3) is 0.261. The third-order valence-corrected chi connectivity index (χ3v) is 6.55. The number of hydrogen-bond acceptors (Lipinski definition) is 6. The molecule has 1 aliphatic rings. The van der Waals surface area contributed by atoms with E-state index in [9.17, 15) is 9.59 Å². The molecule has 0 saturated carbocycles. The maximum absolute atomic E-state index is 13.0. The SMILES string of the molecule is Cn1cc(C(=O)NC2CCN(C(=O)c3csc(-c4cnn(-c5ccccc5)c4)n3)CC2)cn1. The van der Waals surface area contributed by atoms with Gasteiger partial charge in [-0.1, -0.05) is 18.2 Å². The van der Waals surface area contributed by atoms with Crippen LogP contribution in [0.2, 0.25) is 0 Å². The molecular weight excluding hydrogens is 438 g/mol. The van der Waals surface area contributed by atoms with Gasteiger partial charge in [-0.3, -0.25) is 14.3 Å². The van der Waals surface area contributed by atoms with Gasteiger partial charge in [-0.05, 0) is 25.0 Å². The third-order valence-electron chi connectivity index (χ3n) is 5.66. The van der Waals surface area contributed by atoms with Crippen LogP contribution in [0.4, 0.5) is 0 Å². The molecule has 9 nitrogen and oxygen atoms in total. The standard InChI is InChI=1S/C23H23N7O2S/c1-28-13-16(11-24-28)21(31)26-18-7-9-29(10-8-18)23(32)20-15-33-22(27-20)17-12-25-30(14-17)19-5-3-2-4-6-19/h2-6,11-15,18H,7-10H2,1H3,(H,26,31). The minimum absolute atomic E-state index is 0.0385. The molecule has 0 spiro atoms. The quantitative estimate of drug-likeness (QED) is 0.493. The maximum atomic E-state index is 13.0. The lowest BCUT2D eigenvalue weighted by atomic mass is 10.0. The van der Waals surface area contributed by atoms with E-state index < -0.39 is 0 Å². The van der Waals surface area contributed by atoms with Gasteiger partial charge in [0.25, 0.3) is 11.8 Å². The van der Waals surface area contributed by atoms with Crippen molar-refractivity contribution < 1.29 is 9.59 Å². The molecule has 4 aromatic rings. The second-order valence-corrected chi connectivity index (χ2v) is 8.85. The molecule has 4 heterocycles. The predicted molar refractivity (Wildman–Crippen MR) is 124 cm³/mol. The molecule has 168 valence electrons. The Morgan fingerprint density at radius 2 is 1.85 bits per heavy atom. The topological polar surface area (TPSA) is 97.9 Å². The first-order valence-electron chi connectivity index (χ1n) is 10.7. The lowest BCUT2D eigenvalue weighted by molar-refractivity contribution is 0.0693. The van der Waals surface area contributed by atoms with Crippen molar-refractivity contribution in [2.75, 3.05) is 13.1 Å². The molecule has 2 amide bonds. The molecule has 1 N–H and O–H groups in total. The molecular formula is C23H23N7O2S. The highest BCUT2D eigenvalue weighted by Gasteiger charge is 2.26. The van der Waals surface area contributed by atoms with Crippen molar-refractivity contribution >= 4 is 23.2 Å². The van der Waals surface area contributed by atoms with Crippen molar-refractivity contribution in [2.45, 2.75) is 18.9 Å². The lowest BCUT2D eigenvalue weighted by Crippen LogP contribution is -2.46. The average molecular weight is 462 g/mol. The Labute approximate surface area is 194 Å². The van der Waals surface area contributed by atoms with Gasteiger partial charge in [0.05, 0.1) is 23.6 Å². The second-order valence-electron chi connectivity index (χ2n) is 7.99. The molecule has 3 aromatic heterocycles. The van der Waals surface area contributed by atoms with Gasteiger partial charge in [0.15, 0.2) is 0 Å². The van der Waals surface area contributed by atoms with Crippen LogP contribution in [0.1, 0.15) is 33.7 Å². The van der Waals surface area contributed by atoms with Gasteiger partial charge in [-0.15, -0.1) is 11.3 Å². The number of aryl methyl sites for hydroxylation is 1. The molecule has 0 aliphatic carbocycles. The molecule has 33 heavy (non-hydrogen) atoms. The number of nitrogens with zero attached hydrogens (tertiary/aromatic N) is 6. The van der Waals surface area contributed by atoms with Crippen LogP contribution in [-0.2, 0) is 7.05 Å². The summed E-state index contributed by atoms with van der Waals surface area (Å²) < 4.78 is 3.40. The highest BCUT2D eigenvalue weighted by atomic mass is 32.1. The summed E-state index contributed by atoms with van der Waals surface area (Å²) in [4.78, 5) is 31.7. The molecule has 1 aliphatic heterocycles. The van der Waals surface area contributed by atoms with Crippen LogP contribution >= 0.6 is 11.3 Å². The van der Waals surface area contributed by atoms with Crippen LogP contribution < -0.4 is 5.32 Å². The van der Waals surface area contributed by atoms with Crippen LogP contribution in [0.25, 0.3) is 16.3 Å². The number of aromatic nitrogens is 5. The van der Waals surface area contributed by atoms with E-state index in [-0.39, 0.29) is 17.9 Å². The van der Waals surface area contributed by atoms with Gasteiger partial charge in [-0.2, -0.15) is 10.2 Å². The van der Waals surface area contributed by atoms with Crippen LogP contribution in [0.15, 0.2) is 60.5 Å². The summed E-state index contributed by atoms with van der Waals surface area (Å²) in [5.41, 5.74) is 2.83. The summed E-state index contributed by atoms with van der Waals surface area (Å²) in [6.45, 7) is 1.16. The Kier molecular flexibility index (Phi) is 5.74. The fourth-order valence-corrected chi connectivity index (χ4v) is 4.63. The number of likely N-dealkylation sites (tertiary alicyclic amines) is 1. The highest BCUT2D eigenvalue weighted by molar-refractivity contribution is 7.13. The maximum Gasteiger partial charge on any atom is 0.273 e. The summed E-state index contributed by atoms with van der Waals surface area (Å²) in [5, 5.41) is 14.0. The molecule has 5 rings (SSSR count). The van der Waals surface area contributed by atoms with Gasteiger partial charge in [0, 0.05) is 49.5 Å². The minimum atomic E-state index is -0.131. The van der Waals surface area contributed by atoms with Gasteiger partial charge in [0.1, 0.15) is 10.7 Å². The first kappa shape index (κ1) is 21.1. The van der Waals surface area contributed by atoms with Gasteiger partial charge in [-0.25, -0.2) is 9.67 Å². The summed E-state index contributed by atoms with van der Waals surface area (Å²) in [6, 6.07) is 9.89. The van der Waals surface area contributed by atoms with Crippen LogP contribution in [0.3, 0.4) is 0 Å². The number of carbonyl (C=O) groups is 2. The fourth-order valence-electron chi connectivity index (χ4n) is 3.86. The minimum Gasteiger partial charge on any atom is -0.349 e. The smallest absolute Gasteiger partial charge is 0.273 e. The first-order valence-corrected chi connectivity index (χ1v) is 11.6. The molecule has 1 saturated heterocycles. The normalized spacial score (nSPS) is 14.4. The van der Waals surface area contributed by atoms with Crippen molar-refractivity contribution in [1.29, 1.82) is 0 Å². The Hall–Kier alpha value is -3.79. The van der Waals surface area contributed by atoms with Gasteiger partial charge < -0.3 is 10.2 Å². The van der Waals surface area contributed by atoms with Crippen molar-refractivity contribution in [3.63, 3.8) is 0 Å². The first-order chi connectivity index (χ1) is 16.1. The lowest BCUT2D eigenvalue weighted by Gasteiger charge is -2.31. The van der Waals surface area contributed by atoms with E-state index in [0.29, 0.717) is 37.2 Å². The van der Waals surface area contributed by atoms with Gasteiger partial charge >= 0.3 is 0 Å². The molecule has 1 aromatic carbocycles.